The first kappa shape index (κ1) is 6.80. The Hall–Kier alpha value is -1.32. The second kappa shape index (κ2) is 3.00. The highest BCUT2D eigenvalue weighted by Crippen LogP contribution is 2.10. The van der Waals surface area contributed by atoms with Gasteiger partial charge in [-0.3, -0.25) is 9.97 Å². The molecule has 0 radical (unpaired) electrons. The van der Waals surface area contributed by atoms with E-state index in [0.29, 0.717) is 0 Å². The van der Waals surface area contributed by atoms with Crippen LogP contribution in [0.5, 0.6) is 0 Å². The van der Waals surface area contributed by atoms with Crippen molar-refractivity contribution in [3.63, 3.8) is 0 Å². The minimum absolute atomic E-state index is 0.173. The first-order chi connectivity index (χ1) is 4.84. The maximum absolute atomic E-state index is 6.70. The van der Waals surface area contributed by atoms with Crippen LogP contribution in [0, 0.1) is 5.53 Å². The molecule has 10 heavy (non-hydrogen) atoms. The predicted molar refractivity (Wildman–Crippen MR) is 35.6 cm³/mol. The van der Waals surface area contributed by atoms with Crippen molar-refractivity contribution in [2.24, 2.45) is 5.11 Å². The van der Waals surface area contributed by atoms with Crippen LogP contribution in [0.1, 0.15) is 18.7 Å². The number of nitrogens with zero attached hydrogens (tertiary/aromatic N) is 3. The van der Waals surface area contributed by atoms with Crippen LogP contribution in [0.4, 0.5) is 0 Å². The Balaban J connectivity index is 2.84. The minimum Gasteiger partial charge on any atom is -0.261 e. The fourth-order valence-electron chi connectivity index (χ4n) is 0.592. The van der Waals surface area contributed by atoms with E-state index in [-0.39, 0.29) is 6.04 Å². The number of aromatic nitrogens is 2. The van der Waals surface area contributed by atoms with Crippen LogP contribution in [0.25, 0.3) is 0 Å². The molecule has 1 unspecified atom stereocenters. The second-order valence-corrected chi connectivity index (χ2v) is 1.94. The average molecular weight is 136 g/mol. The third-order valence-corrected chi connectivity index (χ3v) is 1.20. The lowest BCUT2D eigenvalue weighted by Crippen LogP contribution is -1.92. The van der Waals surface area contributed by atoms with Crippen molar-refractivity contribution >= 4 is 0 Å². The molecule has 1 heterocycles. The molecular weight excluding hydrogens is 128 g/mol. The maximum atomic E-state index is 6.70. The SMILES string of the molecule is CC(N=N)c1cnccn1. The van der Waals surface area contributed by atoms with Gasteiger partial charge in [-0.05, 0) is 6.92 Å². The molecule has 0 bridgehead atoms. The first-order valence-electron chi connectivity index (χ1n) is 2.97. The smallest absolute Gasteiger partial charge is 0.111 e. The summed E-state index contributed by atoms with van der Waals surface area (Å²) in [4.78, 5) is 7.82. The van der Waals surface area contributed by atoms with Gasteiger partial charge in [-0.2, -0.15) is 5.11 Å². The van der Waals surface area contributed by atoms with Crippen LogP contribution in [-0.4, -0.2) is 9.97 Å². The summed E-state index contributed by atoms with van der Waals surface area (Å²) in [5.41, 5.74) is 7.44. The summed E-state index contributed by atoms with van der Waals surface area (Å²) in [6.07, 6.45) is 4.81. The van der Waals surface area contributed by atoms with Gasteiger partial charge >= 0.3 is 0 Å². The van der Waals surface area contributed by atoms with E-state index < -0.39 is 0 Å². The van der Waals surface area contributed by atoms with E-state index >= 15 is 0 Å². The average Bonchev–Trinajstić information content (AvgIpc) is 2.05. The molecular formula is C6H8N4. The lowest BCUT2D eigenvalue weighted by Gasteiger charge is -1.99. The van der Waals surface area contributed by atoms with Gasteiger partial charge in [-0.1, -0.05) is 0 Å². The van der Waals surface area contributed by atoms with Gasteiger partial charge in [0.25, 0.3) is 0 Å². The minimum atomic E-state index is -0.173. The zero-order valence-corrected chi connectivity index (χ0v) is 5.65. The van der Waals surface area contributed by atoms with Crippen LogP contribution in [-0.2, 0) is 0 Å². The van der Waals surface area contributed by atoms with Crippen molar-refractivity contribution in [3.05, 3.63) is 24.3 Å². The Labute approximate surface area is 58.8 Å². The van der Waals surface area contributed by atoms with Crippen molar-refractivity contribution in [2.45, 2.75) is 13.0 Å². The molecule has 1 aromatic heterocycles. The summed E-state index contributed by atoms with van der Waals surface area (Å²) in [5.74, 6) is 0. The van der Waals surface area contributed by atoms with Crippen LogP contribution < -0.4 is 0 Å². The third kappa shape index (κ3) is 1.34. The number of hydrogen-bond acceptors (Lipinski definition) is 4. The molecule has 4 heteroatoms. The van der Waals surface area contributed by atoms with Gasteiger partial charge in [-0.15, -0.1) is 0 Å². The largest absolute Gasteiger partial charge is 0.261 e. The molecule has 1 aromatic rings. The highest BCUT2D eigenvalue weighted by atomic mass is 15.0. The molecule has 0 aliphatic carbocycles. The Morgan fingerprint density at radius 1 is 1.60 bits per heavy atom. The van der Waals surface area contributed by atoms with Gasteiger partial charge < -0.3 is 0 Å². The molecule has 1 atom stereocenters. The number of rotatable bonds is 2. The highest BCUT2D eigenvalue weighted by Gasteiger charge is 2.01. The van der Waals surface area contributed by atoms with E-state index in [1.54, 1.807) is 25.5 Å². The van der Waals surface area contributed by atoms with Gasteiger partial charge in [0.1, 0.15) is 6.04 Å². The summed E-state index contributed by atoms with van der Waals surface area (Å²) in [5, 5.41) is 3.31. The summed E-state index contributed by atoms with van der Waals surface area (Å²) in [7, 11) is 0. The molecule has 0 aromatic carbocycles. The quantitative estimate of drug-likeness (QED) is 0.627. The molecule has 0 aliphatic heterocycles. The van der Waals surface area contributed by atoms with Gasteiger partial charge in [-0.25, -0.2) is 5.53 Å². The van der Waals surface area contributed by atoms with Crippen LogP contribution in [0.2, 0.25) is 0 Å². The first-order valence-corrected chi connectivity index (χ1v) is 2.97. The Kier molecular flexibility index (Phi) is 2.04. The lowest BCUT2D eigenvalue weighted by atomic mass is 10.3. The maximum Gasteiger partial charge on any atom is 0.111 e. The van der Waals surface area contributed by atoms with Gasteiger partial charge in [0.15, 0.2) is 0 Å². The lowest BCUT2D eigenvalue weighted by molar-refractivity contribution is 0.704. The predicted octanol–water partition coefficient (Wildman–Crippen LogP) is 1.57. The van der Waals surface area contributed by atoms with Crippen LogP contribution >= 0.6 is 0 Å². The van der Waals surface area contributed by atoms with Crippen molar-refractivity contribution < 1.29 is 0 Å². The van der Waals surface area contributed by atoms with Gasteiger partial charge in [0.2, 0.25) is 0 Å². The topological polar surface area (TPSA) is 62.0 Å². The van der Waals surface area contributed by atoms with E-state index in [4.69, 9.17) is 5.53 Å². The third-order valence-electron chi connectivity index (χ3n) is 1.20. The number of nitrogens with one attached hydrogen (secondary N) is 1. The Morgan fingerprint density at radius 3 is 2.90 bits per heavy atom. The van der Waals surface area contributed by atoms with Crippen LogP contribution in [0.3, 0.4) is 0 Å². The molecule has 0 amide bonds. The van der Waals surface area contributed by atoms with Crippen molar-refractivity contribution in [2.75, 3.05) is 0 Å². The zero-order valence-electron chi connectivity index (χ0n) is 5.65. The Morgan fingerprint density at radius 2 is 2.40 bits per heavy atom. The Bertz CT molecular complexity index is 208. The fraction of sp³-hybridized carbons (Fsp3) is 0.333. The summed E-state index contributed by atoms with van der Waals surface area (Å²) in [6.45, 7) is 1.80. The van der Waals surface area contributed by atoms with Gasteiger partial charge in [0.05, 0.1) is 11.9 Å². The van der Waals surface area contributed by atoms with E-state index in [1.807, 2.05) is 0 Å². The molecule has 52 valence electrons. The molecule has 0 fully saturated rings. The second-order valence-electron chi connectivity index (χ2n) is 1.94. The monoisotopic (exact) mass is 136 g/mol. The standard InChI is InChI=1S/C6H8N4/c1-5(10-7)6-4-8-2-3-9-6/h2-5,7H,1H3. The van der Waals surface area contributed by atoms with Crippen LogP contribution in [0.15, 0.2) is 23.7 Å². The molecule has 0 saturated carbocycles. The van der Waals surface area contributed by atoms with E-state index in [1.165, 1.54) is 0 Å². The molecule has 1 rings (SSSR count). The molecule has 4 nitrogen and oxygen atoms in total. The molecule has 1 N–H and O–H groups in total. The van der Waals surface area contributed by atoms with Crippen molar-refractivity contribution in [3.8, 4) is 0 Å². The summed E-state index contributed by atoms with van der Waals surface area (Å²) < 4.78 is 0. The molecule has 0 spiro atoms. The van der Waals surface area contributed by atoms with E-state index in [0.717, 1.165) is 5.69 Å². The zero-order chi connectivity index (χ0) is 7.40. The van der Waals surface area contributed by atoms with Gasteiger partial charge in [0, 0.05) is 12.4 Å². The van der Waals surface area contributed by atoms with E-state index in [2.05, 4.69) is 15.1 Å². The summed E-state index contributed by atoms with van der Waals surface area (Å²) in [6, 6.07) is -0.173. The fourth-order valence-corrected chi connectivity index (χ4v) is 0.592. The molecule has 0 saturated heterocycles. The summed E-state index contributed by atoms with van der Waals surface area (Å²) >= 11 is 0. The highest BCUT2D eigenvalue weighted by molar-refractivity contribution is 4.99. The molecule has 0 aliphatic rings. The van der Waals surface area contributed by atoms with E-state index in [9.17, 15) is 0 Å². The normalized spacial score (nSPS) is 12.5. The van der Waals surface area contributed by atoms with Crippen molar-refractivity contribution in [1.29, 1.82) is 5.53 Å². The number of hydrogen-bond donors (Lipinski definition) is 1. The van der Waals surface area contributed by atoms with Crippen molar-refractivity contribution in [1.82, 2.24) is 9.97 Å².